The molecule has 1 aromatic carbocycles. The van der Waals surface area contributed by atoms with Gasteiger partial charge in [0.15, 0.2) is 0 Å². The largest absolute Gasteiger partial charge is 0.416 e. The molecular formula is C20H22F3N3O3S. The van der Waals surface area contributed by atoms with E-state index in [-0.39, 0.29) is 28.6 Å². The number of sulfonamides is 1. The Balaban J connectivity index is 1.64. The summed E-state index contributed by atoms with van der Waals surface area (Å²) in [7, 11) is -4.07. The molecule has 30 heavy (non-hydrogen) atoms. The van der Waals surface area contributed by atoms with E-state index in [1.165, 1.54) is 30.5 Å². The number of alkyl halides is 3. The summed E-state index contributed by atoms with van der Waals surface area (Å²) in [6.45, 7) is 1.38. The third-order valence-electron chi connectivity index (χ3n) is 5.72. The Labute approximate surface area is 172 Å². The summed E-state index contributed by atoms with van der Waals surface area (Å²) in [5, 5.41) is 0. The molecule has 1 amide bonds. The molecule has 2 fully saturated rings. The highest BCUT2D eigenvalue weighted by molar-refractivity contribution is 7.89. The molecular weight excluding hydrogens is 419 g/mol. The van der Waals surface area contributed by atoms with Crippen LogP contribution in [0.5, 0.6) is 0 Å². The minimum Gasteiger partial charge on any atom is -0.356 e. The van der Waals surface area contributed by atoms with Crippen LogP contribution in [0, 0.1) is 0 Å². The zero-order valence-corrected chi connectivity index (χ0v) is 17.0. The molecule has 0 saturated carbocycles. The number of hydrogen-bond donors (Lipinski definition) is 1. The molecule has 6 nitrogen and oxygen atoms in total. The van der Waals surface area contributed by atoms with Crippen molar-refractivity contribution in [3.05, 3.63) is 53.3 Å². The number of halogens is 3. The Morgan fingerprint density at radius 3 is 2.47 bits per heavy atom. The van der Waals surface area contributed by atoms with Gasteiger partial charge in [-0.25, -0.2) is 8.42 Å². The van der Waals surface area contributed by atoms with Gasteiger partial charge in [0, 0.05) is 25.8 Å². The monoisotopic (exact) mass is 441 g/mol. The van der Waals surface area contributed by atoms with E-state index in [0.29, 0.717) is 25.9 Å². The number of carbonyl (C=O) groups is 1. The van der Waals surface area contributed by atoms with Gasteiger partial charge in [-0.2, -0.15) is 17.5 Å². The maximum Gasteiger partial charge on any atom is 0.416 e. The maximum absolute atomic E-state index is 13.5. The van der Waals surface area contributed by atoms with Gasteiger partial charge in [0.25, 0.3) is 5.91 Å². The van der Waals surface area contributed by atoms with Gasteiger partial charge < -0.3 is 9.88 Å². The first-order valence-electron chi connectivity index (χ1n) is 9.85. The fourth-order valence-corrected chi connectivity index (χ4v) is 5.93. The average molecular weight is 441 g/mol. The molecule has 2 aliphatic rings. The Kier molecular flexibility index (Phi) is 5.39. The van der Waals surface area contributed by atoms with Crippen molar-refractivity contribution in [1.82, 2.24) is 14.2 Å². The van der Waals surface area contributed by atoms with Crippen LogP contribution in [-0.4, -0.2) is 48.1 Å². The Hall–Kier alpha value is -2.33. The molecule has 1 atom stereocenters. The quantitative estimate of drug-likeness (QED) is 0.785. The number of nitrogens with one attached hydrogen (secondary N) is 1. The molecule has 2 saturated heterocycles. The first kappa shape index (κ1) is 20.9. The number of H-pyrrole nitrogens is 1. The zero-order chi connectivity index (χ0) is 21.5. The highest BCUT2D eigenvalue weighted by atomic mass is 32.2. The van der Waals surface area contributed by atoms with Gasteiger partial charge in [0.2, 0.25) is 10.0 Å². The first-order chi connectivity index (χ1) is 14.2. The fraction of sp³-hybridized carbons (Fsp3) is 0.450. The molecule has 2 aromatic rings. The first-order valence-corrected chi connectivity index (χ1v) is 11.3. The van der Waals surface area contributed by atoms with Crippen LogP contribution in [0.15, 0.2) is 41.4 Å². The second-order valence-electron chi connectivity index (χ2n) is 7.61. The molecule has 4 rings (SSSR count). The summed E-state index contributed by atoms with van der Waals surface area (Å²) >= 11 is 0. The van der Waals surface area contributed by atoms with Crippen molar-refractivity contribution in [2.24, 2.45) is 0 Å². The van der Waals surface area contributed by atoms with Crippen LogP contribution in [0.25, 0.3) is 0 Å². The van der Waals surface area contributed by atoms with Gasteiger partial charge in [-0.05, 0) is 43.4 Å². The van der Waals surface area contributed by atoms with Crippen molar-refractivity contribution in [2.45, 2.75) is 42.8 Å². The molecule has 2 aliphatic heterocycles. The number of nitrogens with zero attached hydrogens (tertiary/aromatic N) is 2. The smallest absolute Gasteiger partial charge is 0.356 e. The molecule has 0 spiro atoms. The van der Waals surface area contributed by atoms with Crippen molar-refractivity contribution in [3.63, 3.8) is 0 Å². The van der Waals surface area contributed by atoms with Crippen LogP contribution in [-0.2, 0) is 16.2 Å². The Morgan fingerprint density at radius 2 is 1.77 bits per heavy atom. The summed E-state index contributed by atoms with van der Waals surface area (Å²) in [5.41, 5.74) is -0.701. The normalized spacial score (nSPS) is 20.8. The van der Waals surface area contributed by atoms with E-state index in [2.05, 4.69) is 4.98 Å². The number of carbonyl (C=O) groups excluding carboxylic acids is 1. The fourth-order valence-electron chi connectivity index (χ4n) is 4.26. The van der Waals surface area contributed by atoms with E-state index in [9.17, 15) is 26.4 Å². The van der Waals surface area contributed by atoms with Crippen molar-refractivity contribution in [2.75, 3.05) is 19.6 Å². The predicted octanol–water partition coefficient (Wildman–Crippen LogP) is 3.80. The number of hydrogen-bond acceptors (Lipinski definition) is 3. The van der Waals surface area contributed by atoms with Crippen LogP contribution < -0.4 is 0 Å². The van der Waals surface area contributed by atoms with Gasteiger partial charge in [-0.1, -0.05) is 18.2 Å². The highest BCUT2D eigenvalue weighted by Gasteiger charge is 2.42. The lowest BCUT2D eigenvalue weighted by atomic mass is 9.99. The molecule has 3 heterocycles. The average Bonchev–Trinajstić information content (AvgIpc) is 3.48. The minimum atomic E-state index is -4.57. The lowest BCUT2D eigenvalue weighted by Crippen LogP contribution is -2.31. The van der Waals surface area contributed by atoms with Crippen molar-refractivity contribution < 1.29 is 26.4 Å². The Morgan fingerprint density at radius 1 is 1.07 bits per heavy atom. The molecule has 0 radical (unpaired) electrons. The number of aromatic nitrogens is 1. The van der Waals surface area contributed by atoms with Crippen LogP contribution in [0.4, 0.5) is 13.2 Å². The molecule has 0 aliphatic carbocycles. The van der Waals surface area contributed by atoms with E-state index in [4.69, 9.17) is 0 Å². The number of amides is 1. The van der Waals surface area contributed by atoms with Gasteiger partial charge in [-0.3, -0.25) is 4.79 Å². The van der Waals surface area contributed by atoms with Gasteiger partial charge in [-0.15, -0.1) is 0 Å². The third kappa shape index (κ3) is 3.74. The van der Waals surface area contributed by atoms with E-state index in [1.807, 2.05) is 0 Å². The summed E-state index contributed by atoms with van der Waals surface area (Å²) in [4.78, 5) is 16.8. The second kappa shape index (κ2) is 7.73. The van der Waals surface area contributed by atoms with Gasteiger partial charge in [0.1, 0.15) is 10.6 Å². The Bertz CT molecular complexity index is 1040. The molecule has 0 bridgehead atoms. The molecule has 1 N–H and O–H groups in total. The summed E-state index contributed by atoms with van der Waals surface area (Å²) < 4.78 is 68.0. The number of aromatic amines is 1. The summed E-state index contributed by atoms with van der Waals surface area (Å²) in [6, 6.07) is 5.46. The SMILES string of the molecule is O=C(c1cc(S(=O)(=O)N2CCCC2c2ccccc2C(F)(F)F)c[nH]1)N1CCCC1. The van der Waals surface area contributed by atoms with E-state index >= 15 is 0 Å². The lowest BCUT2D eigenvalue weighted by molar-refractivity contribution is -0.138. The van der Waals surface area contributed by atoms with Crippen LogP contribution >= 0.6 is 0 Å². The lowest BCUT2D eigenvalue weighted by Gasteiger charge is -2.26. The summed E-state index contributed by atoms with van der Waals surface area (Å²) in [5.74, 6) is -0.269. The number of likely N-dealkylation sites (tertiary alicyclic amines) is 1. The molecule has 1 unspecified atom stereocenters. The second-order valence-corrected chi connectivity index (χ2v) is 9.50. The van der Waals surface area contributed by atoms with E-state index in [0.717, 1.165) is 23.2 Å². The number of benzene rings is 1. The third-order valence-corrected chi connectivity index (χ3v) is 7.60. The predicted molar refractivity (Wildman–Crippen MR) is 103 cm³/mol. The van der Waals surface area contributed by atoms with Crippen molar-refractivity contribution in [3.8, 4) is 0 Å². The van der Waals surface area contributed by atoms with Gasteiger partial charge >= 0.3 is 6.18 Å². The van der Waals surface area contributed by atoms with Crippen molar-refractivity contribution in [1.29, 1.82) is 0 Å². The summed E-state index contributed by atoms with van der Waals surface area (Å²) in [6.07, 6.45) is -0.755. The van der Waals surface area contributed by atoms with Crippen molar-refractivity contribution >= 4 is 15.9 Å². The highest BCUT2D eigenvalue weighted by Crippen LogP contribution is 2.42. The maximum atomic E-state index is 13.5. The minimum absolute atomic E-state index is 0.0463. The van der Waals surface area contributed by atoms with Crippen LogP contribution in [0.2, 0.25) is 0 Å². The topological polar surface area (TPSA) is 73.5 Å². The number of rotatable bonds is 4. The zero-order valence-electron chi connectivity index (χ0n) is 16.2. The van der Waals surface area contributed by atoms with E-state index in [1.54, 1.807) is 4.90 Å². The molecule has 1 aromatic heterocycles. The van der Waals surface area contributed by atoms with Crippen LogP contribution in [0.3, 0.4) is 0 Å². The van der Waals surface area contributed by atoms with Gasteiger partial charge in [0.05, 0.1) is 11.6 Å². The standard InChI is InChI=1S/C20H22F3N3O3S/c21-20(22,23)16-7-2-1-6-15(16)18-8-5-11-26(18)30(28,29)14-12-17(24-13-14)19(27)25-9-3-4-10-25/h1-2,6-7,12-13,18,24H,3-5,8-11H2. The molecule has 162 valence electrons. The molecule has 10 heteroatoms. The van der Waals surface area contributed by atoms with E-state index < -0.39 is 27.8 Å². The van der Waals surface area contributed by atoms with Crippen LogP contribution in [0.1, 0.15) is 53.3 Å².